The van der Waals surface area contributed by atoms with Crippen LogP contribution in [-0.4, -0.2) is 66.3 Å². The van der Waals surface area contributed by atoms with E-state index in [2.05, 4.69) is 32.7 Å². The summed E-state index contributed by atoms with van der Waals surface area (Å²) < 4.78 is 29.4. The van der Waals surface area contributed by atoms with Gasteiger partial charge >= 0.3 is 0 Å². The molecule has 5 rings (SSSR count). The van der Waals surface area contributed by atoms with Crippen LogP contribution < -0.4 is 20.1 Å². The second kappa shape index (κ2) is 10.5. The smallest absolute Gasteiger partial charge is 0.230 e. The van der Waals surface area contributed by atoms with Gasteiger partial charge in [0.15, 0.2) is 0 Å². The van der Waals surface area contributed by atoms with Crippen LogP contribution in [0.1, 0.15) is 31.9 Å². The summed E-state index contributed by atoms with van der Waals surface area (Å²) in [7, 11) is 0. The zero-order chi connectivity index (χ0) is 23.3. The Hall–Kier alpha value is -2.95. The minimum Gasteiger partial charge on any atom is -0.489 e. The average molecular weight is 470 g/mol. The predicted octanol–water partition coefficient (Wildman–Crippen LogP) is 3.37. The maximum atomic E-state index is 6.49. The summed E-state index contributed by atoms with van der Waals surface area (Å²) in [6, 6.07) is 5.81. The number of rotatable bonds is 8. The number of anilines is 2. The molecule has 2 aliphatic rings. The molecule has 2 atom stereocenters. The summed E-state index contributed by atoms with van der Waals surface area (Å²) >= 11 is 0. The molecular weight excluding hydrogens is 438 g/mol. The lowest BCUT2D eigenvalue weighted by Gasteiger charge is -2.31. The molecule has 2 N–H and O–H groups in total. The summed E-state index contributed by atoms with van der Waals surface area (Å²) in [5, 5.41) is 11.4. The predicted molar refractivity (Wildman–Crippen MR) is 126 cm³/mol. The van der Waals surface area contributed by atoms with E-state index in [0.717, 1.165) is 49.0 Å². The Kier molecular flexibility index (Phi) is 7.08. The highest BCUT2D eigenvalue weighted by Crippen LogP contribution is 2.37. The van der Waals surface area contributed by atoms with Gasteiger partial charge in [-0.1, -0.05) is 12.1 Å². The van der Waals surface area contributed by atoms with E-state index in [1.165, 1.54) is 6.33 Å². The highest BCUT2D eigenvalue weighted by atomic mass is 16.5. The molecule has 3 aromatic rings. The van der Waals surface area contributed by atoms with Gasteiger partial charge in [-0.15, -0.1) is 0 Å². The number of nitrogens with zero attached hydrogens (tertiary/aromatic N) is 3. The molecule has 34 heavy (non-hydrogen) atoms. The fourth-order valence-electron chi connectivity index (χ4n) is 4.35. The molecule has 2 aromatic heterocycles. The Morgan fingerprint density at radius 3 is 2.76 bits per heavy atom. The SMILES string of the molecule is CCC(Oc1cc(OC2CCOCC2)c2c(Nc3cc(C)no3)ncnc2c1)C1COCCN1. The van der Waals surface area contributed by atoms with E-state index >= 15 is 0 Å². The fraction of sp³-hybridized carbons (Fsp3) is 0.542. The molecule has 4 heterocycles. The maximum Gasteiger partial charge on any atom is 0.230 e. The largest absolute Gasteiger partial charge is 0.489 e. The number of aromatic nitrogens is 3. The van der Waals surface area contributed by atoms with Crippen molar-refractivity contribution in [3.8, 4) is 11.5 Å². The van der Waals surface area contributed by atoms with E-state index in [1.807, 2.05) is 25.1 Å². The van der Waals surface area contributed by atoms with Crippen LogP contribution >= 0.6 is 0 Å². The van der Waals surface area contributed by atoms with Crippen LogP contribution in [0.4, 0.5) is 11.7 Å². The van der Waals surface area contributed by atoms with Crippen LogP contribution in [0, 0.1) is 6.92 Å². The maximum absolute atomic E-state index is 6.49. The number of hydrogen-bond acceptors (Lipinski definition) is 10. The Balaban J connectivity index is 1.49. The van der Waals surface area contributed by atoms with E-state index in [0.29, 0.717) is 43.0 Å². The van der Waals surface area contributed by atoms with Gasteiger partial charge < -0.3 is 34.1 Å². The van der Waals surface area contributed by atoms with Crippen molar-refractivity contribution in [2.24, 2.45) is 0 Å². The van der Waals surface area contributed by atoms with Crippen molar-refractivity contribution in [3.05, 3.63) is 30.2 Å². The van der Waals surface area contributed by atoms with Crippen molar-refractivity contribution in [2.75, 3.05) is 38.3 Å². The Bertz CT molecular complexity index is 1090. The van der Waals surface area contributed by atoms with Gasteiger partial charge in [0.05, 0.1) is 49.1 Å². The molecule has 2 aliphatic heterocycles. The first-order valence-electron chi connectivity index (χ1n) is 11.9. The van der Waals surface area contributed by atoms with E-state index < -0.39 is 0 Å². The Labute approximate surface area is 198 Å². The van der Waals surface area contributed by atoms with E-state index in [-0.39, 0.29) is 18.2 Å². The van der Waals surface area contributed by atoms with Crippen molar-refractivity contribution < 1.29 is 23.5 Å². The fourth-order valence-corrected chi connectivity index (χ4v) is 4.35. The summed E-state index contributed by atoms with van der Waals surface area (Å²) in [5.74, 6) is 2.46. The second-order valence-corrected chi connectivity index (χ2v) is 8.63. The lowest BCUT2D eigenvalue weighted by Crippen LogP contribution is -2.50. The average Bonchev–Trinajstić information content (AvgIpc) is 3.28. The molecule has 0 bridgehead atoms. The number of morpholine rings is 1. The normalized spacial score (nSPS) is 20.2. The van der Waals surface area contributed by atoms with Crippen molar-refractivity contribution in [2.45, 2.75) is 51.4 Å². The number of fused-ring (bicyclic) bond motifs is 1. The molecule has 10 nitrogen and oxygen atoms in total. The second-order valence-electron chi connectivity index (χ2n) is 8.63. The van der Waals surface area contributed by atoms with Gasteiger partial charge in [0.25, 0.3) is 0 Å². The van der Waals surface area contributed by atoms with E-state index in [4.69, 9.17) is 23.5 Å². The molecule has 0 saturated carbocycles. The van der Waals surface area contributed by atoms with Gasteiger partial charge in [0.1, 0.15) is 35.9 Å². The number of ether oxygens (including phenoxy) is 4. The Morgan fingerprint density at radius 1 is 1.15 bits per heavy atom. The minimum atomic E-state index is -0.0368. The topological polar surface area (TPSA) is 113 Å². The van der Waals surface area contributed by atoms with Crippen molar-refractivity contribution in [1.29, 1.82) is 0 Å². The van der Waals surface area contributed by atoms with Gasteiger partial charge in [-0.25, -0.2) is 9.97 Å². The van der Waals surface area contributed by atoms with Gasteiger partial charge in [-0.05, 0) is 13.3 Å². The summed E-state index contributed by atoms with van der Waals surface area (Å²) in [6.45, 7) is 7.53. The third-order valence-electron chi connectivity index (χ3n) is 6.10. The molecule has 10 heteroatoms. The first kappa shape index (κ1) is 22.8. The first-order chi connectivity index (χ1) is 16.7. The van der Waals surface area contributed by atoms with Crippen molar-refractivity contribution in [1.82, 2.24) is 20.4 Å². The van der Waals surface area contributed by atoms with E-state index in [1.54, 1.807) is 0 Å². The summed E-state index contributed by atoms with van der Waals surface area (Å²) in [5.41, 5.74) is 1.50. The number of hydrogen-bond donors (Lipinski definition) is 2. The Morgan fingerprint density at radius 2 is 2.03 bits per heavy atom. The zero-order valence-electron chi connectivity index (χ0n) is 19.6. The van der Waals surface area contributed by atoms with Crippen LogP contribution in [0.15, 0.2) is 29.0 Å². The molecule has 2 saturated heterocycles. The van der Waals surface area contributed by atoms with Crippen molar-refractivity contribution >= 4 is 22.6 Å². The third-order valence-corrected chi connectivity index (χ3v) is 6.10. The van der Waals surface area contributed by atoms with Crippen LogP contribution in [0.3, 0.4) is 0 Å². The quantitative estimate of drug-likeness (QED) is 0.509. The number of benzene rings is 1. The highest BCUT2D eigenvalue weighted by Gasteiger charge is 2.26. The van der Waals surface area contributed by atoms with Gasteiger partial charge in [-0.2, -0.15) is 0 Å². The van der Waals surface area contributed by atoms with Crippen LogP contribution in [-0.2, 0) is 9.47 Å². The molecule has 2 unspecified atom stereocenters. The van der Waals surface area contributed by atoms with E-state index in [9.17, 15) is 0 Å². The van der Waals surface area contributed by atoms with Crippen LogP contribution in [0.5, 0.6) is 11.5 Å². The molecular formula is C24H31N5O5. The molecule has 182 valence electrons. The van der Waals surface area contributed by atoms with Crippen LogP contribution in [0.2, 0.25) is 0 Å². The van der Waals surface area contributed by atoms with Gasteiger partial charge in [-0.3, -0.25) is 0 Å². The summed E-state index contributed by atoms with van der Waals surface area (Å²) in [6.07, 6.45) is 4.02. The molecule has 2 fully saturated rings. The minimum absolute atomic E-state index is 0.0368. The number of nitrogens with one attached hydrogen (secondary N) is 2. The third kappa shape index (κ3) is 5.24. The molecule has 0 aliphatic carbocycles. The standard InChI is InChI=1S/C24H31N5O5/c1-3-20(19-13-31-9-6-25-19)33-17-11-18-23(21(12-17)32-16-4-7-30-8-5-16)24(27-14-26-18)28-22-10-15(2)29-34-22/h10-12,14,16,19-20,25H,3-9,13H2,1-2H3,(H,26,27,28). The van der Waals surface area contributed by atoms with Gasteiger partial charge in [0.2, 0.25) is 5.88 Å². The lowest BCUT2D eigenvalue weighted by molar-refractivity contribution is 0.0240. The molecule has 0 radical (unpaired) electrons. The monoisotopic (exact) mass is 469 g/mol. The van der Waals surface area contributed by atoms with Crippen molar-refractivity contribution in [3.63, 3.8) is 0 Å². The number of aryl methyl sites for hydroxylation is 1. The lowest BCUT2D eigenvalue weighted by atomic mass is 10.1. The first-order valence-corrected chi connectivity index (χ1v) is 11.9. The highest BCUT2D eigenvalue weighted by molar-refractivity contribution is 5.96. The van der Waals surface area contributed by atoms with Gasteiger partial charge in [0, 0.05) is 37.6 Å². The molecule has 1 aromatic carbocycles. The summed E-state index contributed by atoms with van der Waals surface area (Å²) in [4.78, 5) is 8.99. The van der Waals surface area contributed by atoms with Crippen LogP contribution in [0.25, 0.3) is 10.9 Å². The zero-order valence-corrected chi connectivity index (χ0v) is 19.6. The molecule has 0 amide bonds. The molecule has 0 spiro atoms.